The highest BCUT2D eigenvalue weighted by Crippen LogP contribution is 2.33. The standard InChI is InChI=1S/C24H27N5OS3/c1-16(2)21(22(30)28(3)4)33-23-27-26-20(29(23)14-17-10-6-5-7-11-17)15-31-24-25-18-12-8-9-13-19(18)32-24/h5-13,16,21H,14-15H2,1-4H3. The lowest BCUT2D eigenvalue weighted by molar-refractivity contribution is -0.128. The number of aromatic nitrogens is 4. The van der Waals surface area contributed by atoms with Crippen molar-refractivity contribution in [1.82, 2.24) is 24.6 Å². The van der Waals surface area contributed by atoms with Crippen LogP contribution in [0.2, 0.25) is 0 Å². The van der Waals surface area contributed by atoms with Crippen molar-refractivity contribution in [2.24, 2.45) is 5.92 Å². The molecule has 1 amide bonds. The molecule has 0 saturated carbocycles. The van der Waals surface area contributed by atoms with Gasteiger partial charge in [-0.2, -0.15) is 0 Å². The third-order valence-electron chi connectivity index (χ3n) is 5.10. The van der Waals surface area contributed by atoms with Crippen LogP contribution >= 0.6 is 34.9 Å². The molecule has 6 nitrogen and oxygen atoms in total. The number of amides is 1. The van der Waals surface area contributed by atoms with Crippen molar-refractivity contribution in [3.8, 4) is 0 Å². The monoisotopic (exact) mass is 497 g/mol. The SMILES string of the molecule is CC(C)C(Sc1nnc(CSc2nc3ccccc3s2)n1Cc1ccccc1)C(=O)N(C)C. The van der Waals surface area contributed by atoms with E-state index >= 15 is 0 Å². The first-order valence-corrected chi connectivity index (χ1v) is 13.4. The summed E-state index contributed by atoms with van der Waals surface area (Å²) in [6.45, 7) is 4.80. The molecule has 0 N–H and O–H groups in total. The molecule has 0 spiro atoms. The van der Waals surface area contributed by atoms with Crippen LogP contribution in [0.5, 0.6) is 0 Å². The van der Waals surface area contributed by atoms with E-state index in [1.54, 1.807) is 42.1 Å². The zero-order chi connectivity index (χ0) is 23.4. The fraction of sp³-hybridized carbons (Fsp3) is 0.333. The van der Waals surface area contributed by atoms with Gasteiger partial charge in [-0.1, -0.05) is 79.8 Å². The third kappa shape index (κ3) is 5.77. The minimum absolute atomic E-state index is 0.0923. The summed E-state index contributed by atoms with van der Waals surface area (Å²) in [6.07, 6.45) is 0. The molecule has 0 aliphatic heterocycles. The van der Waals surface area contributed by atoms with E-state index in [-0.39, 0.29) is 17.1 Å². The number of carbonyl (C=O) groups excluding carboxylic acids is 1. The summed E-state index contributed by atoms with van der Waals surface area (Å²) < 4.78 is 4.34. The minimum Gasteiger partial charge on any atom is -0.348 e. The summed E-state index contributed by atoms with van der Waals surface area (Å²) in [6, 6.07) is 18.5. The number of hydrogen-bond donors (Lipinski definition) is 0. The number of hydrogen-bond acceptors (Lipinski definition) is 7. The summed E-state index contributed by atoms with van der Waals surface area (Å²) in [4.78, 5) is 19.2. The molecule has 33 heavy (non-hydrogen) atoms. The van der Waals surface area contributed by atoms with Crippen LogP contribution in [0.15, 0.2) is 64.1 Å². The van der Waals surface area contributed by atoms with Gasteiger partial charge in [0.15, 0.2) is 9.50 Å². The number of fused-ring (bicyclic) bond motifs is 1. The molecule has 2 aromatic heterocycles. The third-order valence-corrected chi connectivity index (χ3v) is 8.79. The first-order chi connectivity index (χ1) is 15.9. The molecule has 2 heterocycles. The summed E-state index contributed by atoms with van der Waals surface area (Å²) >= 11 is 4.87. The Labute approximate surface area is 206 Å². The molecule has 2 aromatic carbocycles. The molecule has 0 bridgehead atoms. The highest BCUT2D eigenvalue weighted by atomic mass is 32.2. The molecule has 1 unspecified atom stereocenters. The second-order valence-electron chi connectivity index (χ2n) is 8.22. The number of para-hydroxylation sites is 1. The van der Waals surface area contributed by atoms with E-state index < -0.39 is 0 Å². The van der Waals surface area contributed by atoms with Gasteiger partial charge in [0.05, 0.1) is 27.8 Å². The van der Waals surface area contributed by atoms with Gasteiger partial charge in [0.25, 0.3) is 0 Å². The van der Waals surface area contributed by atoms with E-state index in [1.165, 1.54) is 22.0 Å². The van der Waals surface area contributed by atoms with Crippen LogP contribution in [-0.4, -0.2) is 49.9 Å². The Bertz CT molecular complexity index is 1190. The van der Waals surface area contributed by atoms with Crippen molar-refractivity contribution in [2.45, 2.75) is 40.9 Å². The van der Waals surface area contributed by atoms with E-state index in [2.05, 4.69) is 46.8 Å². The average Bonchev–Trinajstić information content (AvgIpc) is 3.39. The maximum absolute atomic E-state index is 12.8. The van der Waals surface area contributed by atoms with Crippen molar-refractivity contribution in [3.05, 3.63) is 66.0 Å². The Morgan fingerprint density at radius 1 is 1.06 bits per heavy atom. The molecular formula is C24H27N5OS3. The maximum atomic E-state index is 12.8. The Balaban J connectivity index is 1.60. The van der Waals surface area contributed by atoms with Crippen LogP contribution in [0.25, 0.3) is 10.2 Å². The van der Waals surface area contributed by atoms with Gasteiger partial charge < -0.3 is 9.47 Å². The summed E-state index contributed by atoms with van der Waals surface area (Å²) in [5, 5.41) is 9.58. The molecule has 4 aromatic rings. The molecule has 0 saturated heterocycles. The number of carbonyl (C=O) groups is 1. The zero-order valence-corrected chi connectivity index (χ0v) is 21.6. The quantitative estimate of drug-likeness (QED) is 0.287. The van der Waals surface area contributed by atoms with Crippen LogP contribution < -0.4 is 0 Å². The number of thiazole rings is 1. The topological polar surface area (TPSA) is 63.9 Å². The molecule has 4 rings (SSSR count). The second kappa shape index (κ2) is 10.7. The Kier molecular flexibility index (Phi) is 7.72. The molecule has 0 fully saturated rings. The summed E-state index contributed by atoms with van der Waals surface area (Å²) in [5.41, 5.74) is 2.19. The summed E-state index contributed by atoms with van der Waals surface area (Å²) in [5.74, 6) is 1.81. The van der Waals surface area contributed by atoms with Gasteiger partial charge >= 0.3 is 0 Å². The molecule has 9 heteroatoms. The molecular weight excluding hydrogens is 470 g/mol. The zero-order valence-electron chi connectivity index (χ0n) is 19.1. The van der Waals surface area contributed by atoms with E-state index in [9.17, 15) is 4.79 Å². The Hall–Kier alpha value is -2.36. The Morgan fingerprint density at radius 2 is 1.79 bits per heavy atom. The van der Waals surface area contributed by atoms with Crippen molar-refractivity contribution in [3.63, 3.8) is 0 Å². The predicted molar refractivity (Wildman–Crippen MR) is 138 cm³/mol. The number of nitrogens with zero attached hydrogens (tertiary/aromatic N) is 5. The molecule has 0 aliphatic rings. The van der Waals surface area contributed by atoms with Crippen LogP contribution in [0.4, 0.5) is 0 Å². The Morgan fingerprint density at radius 3 is 2.48 bits per heavy atom. The maximum Gasteiger partial charge on any atom is 0.235 e. The van der Waals surface area contributed by atoms with Gasteiger partial charge in [-0.05, 0) is 23.6 Å². The van der Waals surface area contributed by atoms with E-state index in [1.807, 2.05) is 36.4 Å². The van der Waals surface area contributed by atoms with Crippen LogP contribution in [0.1, 0.15) is 25.2 Å². The fourth-order valence-corrected chi connectivity index (χ4v) is 6.52. The molecule has 1 atom stereocenters. The van der Waals surface area contributed by atoms with Crippen molar-refractivity contribution >= 4 is 51.0 Å². The van der Waals surface area contributed by atoms with Gasteiger partial charge in [0.2, 0.25) is 5.91 Å². The average molecular weight is 498 g/mol. The minimum atomic E-state index is -0.219. The number of benzene rings is 2. The van der Waals surface area contributed by atoms with E-state index in [0.29, 0.717) is 12.3 Å². The van der Waals surface area contributed by atoms with Crippen molar-refractivity contribution in [2.75, 3.05) is 14.1 Å². The van der Waals surface area contributed by atoms with Gasteiger partial charge in [-0.15, -0.1) is 21.5 Å². The molecule has 172 valence electrons. The van der Waals surface area contributed by atoms with Gasteiger partial charge in [-0.25, -0.2) is 4.98 Å². The largest absolute Gasteiger partial charge is 0.348 e. The molecule has 0 aliphatic carbocycles. The highest BCUT2D eigenvalue weighted by molar-refractivity contribution is 8.00. The van der Waals surface area contributed by atoms with Crippen LogP contribution in [0.3, 0.4) is 0 Å². The van der Waals surface area contributed by atoms with Gasteiger partial charge in [0, 0.05) is 14.1 Å². The first-order valence-electron chi connectivity index (χ1n) is 10.7. The van der Waals surface area contributed by atoms with Crippen LogP contribution in [-0.2, 0) is 17.1 Å². The molecule has 0 radical (unpaired) electrons. The fourth-order valence-electron chi connectivity index (χ4n) is 3.32. The predicted octanol–water partition coefficient (Wildman–Crippen LogP) is 5.43. The lowest BCUT2D eigenvalue weighted by Gasteiger charge is -2.23. The lowest BCUT2D eigenvalue weighted by atomic mass is 10.1. The summed E-state index contributed by atoms with van der Waals surface area (Å²) in [7, 11) is 3.60. The first kappa shape index (κ1) is 23.8. The highest BCUT2D eigenvalue weighted by Gasteiger charge is 2.28. The normalized spacial score (nSPS) is 12.4. The van der Waals surface area contributed by atoms with E-state index in [4.69, 9.17) is 4.98 Å². The van der Waals surface area contributed by atoms with E-state index in [0.717, 1.165) is 20.8 Å². The lowest BCUT2D eigenvalue weighted by Crippen LogP contribution is -2.35. The number of rotatable bonds is 9. The van der Waals surface area contributed by atoms with Gasteiger partial charge in [-0.3, -0.25) is 4.79 Å². The second-order valence-corrected chi connectivity index (χ2v) is 11.6. The van der Waals surface area contributed by atoms with Crippen molar-refractivity contribution in [1.29, 1.82) is 0 Å². The van der Waals surface area contributed by atoms with Gasteiger partial charge in [0.1, 0.15) is 5.82 Å². The smallest absolute Gasteiger partial charge is 0.235 e. The van der Waals surface area contributed by atoms with Crippen molar-refractivity contribution < 1.29 is 4.79 Å². The van der Waals surface area contributed by atoms with Crippen LogP contribution in [0, 0.1) is 5.92 Å². The number of thioether (sulfide) groups is 2.